The zero-order valence-electron chi connectivity index (χ0n) is 19.1. The van der Waals surface area contributed by atoms with E-state index in [0.29, 0.717) is 0 Å². The van der Waals surface area contributed by atoms with Gasteiger partial charge in [0.15, 0.2) is 0 Å². The summed E-state index contributed by atoms with van der Waals surface area (Å²) in [6.07, 6.45) is 7.32. The summed E-state index contributed by atoms with van der Waals surface area (Å²) in [5.41, 5.74) is 8.43. The third kappa shape index (κ3) is 3.96. The molecule has 0 aliphatic heterocycles. The molecule has 6 aromatic rings. The SMILES string of the molecule is CCNCc1cncc(-c2ccc3[nH]nc(-c4cc5c(-c6cccc(F)c6)cncc5[nH]4)c3c2)c1. The molecule has 172 valence electrons. The van der Waals surface area contributed by atoms with E-state index in [1.165, 1.54) is 12.1 Å². The molecule has 6 rings (SSSR count). The second-order valence-corrected chi connectivity index (χ2v) is 8.54. The van der Waals surface area contributed by atoms with Crippen LogP contribution in [0.15, 0.2) is 79.4 Å². The Morgan fingerprint density at radius 2 is 1.74 bits per heavy atom. The van der Waals surface area contributed by atoms with Crippen LogP contribution in [-0.2, 0) is 6.54 Å². The number of halogens is 1. The summed E-state index contributed by atoms with van der Waals surface area (Å²) in [5.74, 6) is -0.273. The highest BCUT2D eigenvalue weighted by Crippen LogP contribution is 2.35. The van der Waals surface area contributed by atoms with Gasteiger partial charge in [-0.1, -0.05) is 25.1 Å². The number of nitrogens with one attached hydrogen (secondary N) is 3. The van der Waals surface area contributed by atoms with Crippen LogP contribution in [0.4, 0.5) is 4.39 Å². The number of aromatic amines is 2. The Hall–Kier alpha value is -4.36. The second-order valence-electron chi connectivity index (χ2n) is 8.54. The third-order valence-electron chi connectivity index (χ3n) is 6.21. The minimum absolute atomic E-state index is 0.273. The van der Waals surface area contributed by atoms with Crippen LogP contribution in [0.2, 0.25) is 0 Å². The molecule has 2 aromatic carbocycles. The Labute approximate surface area is 201 Å². The van der Waals surface area contributed by atoms with Gasteiger partial charge in [0, 0.05) is 47.0 Å². The zero-order valence-corrected chi connectivity index (χ0v) is 19.1. The Morgan fingerprint density at radius 1 is 0.829 bits per heavy atom. The van der Waals surface area contributed by atoms with E-state index in [-0.39, 0.29) is 5.82 Å². The highest BCUT2D eigenvalue weighted by Gasteiger charge is 2.15. The maximum absolute atomic E-state index is 13.9. The molecule has 35 heavy (non-hydrogen) atoms. The number of nitrogens with zero attached hydrogens (tertiary/aromatic N) is 3. The summed E-state index contributed by atoms with van der Waals surface area (Å²) in [5, 5.41) is 13.1. The van der Waals surface area contributed by atoms with Crippen molar-refractivity contribution in [2.45, 2.75) is 13.5 Å². The van der Waals surface area contributed by atoms with Gasteiger partial charge in [0.2, 0.25) is 0 Å². The lowest BCUT2D eigenvalue weighted by molar-refractivity contribution is 0.628. The lowest BCUT2D eigenvalue weighted by Gasteiger charge is -2.06. The van der Waals surface area contributed by atoms with Crippen LogP contribution < -0.4 is 5.32 Å². The van der Waals surface area contributed by atoms with Crippen molar-refractivity contribution in [3.8, 4) is 33.6 Å². The van der Waals surface area contributed by atoms with Crippen molar-refractivity contribution in [2.75, 3.05) is 6.54 Å². The van der Waals surface area contributed by atoms with Crippen LogP contribution in [-0.4, -0.2) is 31.7 Å². The Bertz CT molecular complexity index is 1670. The molecule has 0 saturated carbocycles. The minimum atomic E-state index is -0.273. The summed E-state index contributed by atoms with van der Waals surface area (Å²) >= 11 is 0. The van der Waals surface area contributed by atoms with E-state index in [4.69, 9.17) is 0 Å². The molecule has 0 fully saturated rings. The van der Waals surface area contributed by atoms with Crippen molar-refractivity contribution in [2.24, 2.45) is 0 Å². The molecule has 0 atom stereocenters. The fourth-order valence-electron chi connectivity index (χ4n) is 4.48. The first-order chi connectivity index (χ1) is 17.2. The molecule has 0 radical (unpaired) electrons. The molecule has 3 N–H and O–H groups in total. The number of pyridine rings is 2. The molecular formula is C28H23FN6. The van der Waals surface area contributed by atoms with Crippen molar-refractivity contribution in [3.05, 3.63) is 90.8 Å². The van der Waals surface area contributed by atoms with Gasteiger partial charge in [0.05, 0.1) is 22.9 Å². The number of fused-ring (bicyclic) bond motifs is 2. The Balaban J connectivity index is 1.44. The third-order valence-corrected chi connectivity index (χ3v) is 6.21. The van der Waals surface area contributed by atoms with Gasteiger partial charge < -0.3 is 10.3 Å². The number of hydrogen-bond donors (Lipinski definition) is 3. The molecular weight excluding hydrogens is 439 g/mol. The summed E-state index contributed by atoms with van der Waals surface area (Å²) < 4.78 is 13.9. The number of benzene rings is 2. The summed E-state index contributed by atoms with van der Waals surface area (Å²) in [4.78, 5) is 12.2. The lowest BCUT2D eigenvalue weighted by atomic mass is 10.0. The molecule has 0 amide bonds. The van der Waals surface area contributed by atoms with Gasteiger partial charge >= 0.3 is 0 Å². The molecule has 4 aromatic heterocycles. The molecule has 0 aliphatic rings. The average Bonchev–Trinajstić information content (AvgIpc) is 3.51. The van der Waals surface area contributed by atoms with E-state index < -0.39 is 0 Å². The van der Waals surface area contributed by atoms with Gasteiger partial charge in [-0.3, -0.25) is 15.1 Å². The zero-order chi connectivity index (χ0) is 23.8. The van der Waals surface area contributed by atoms with Crippen molar-refractivity contribution in [3.63, 3.8) is 0 Å². The molecule has 0 aliphatic carbocycles. The summed E-state index contributed by atoms with van der Waals surface area (Å²) in [6.45, 7) is 3.79. The predicted octanol–water partition coefficient (Wildman–Crippen LogP) is 6.08. The monoisotopic (exact) mass is 462 g/mol. The molecule has 0 unspecified atom stereocenters. The minimum Gasteiger partial charge on any atom is -0.352 e. The first-order valence-electron chi connectivity index (χ1n) is 11.6. The fraction of sp³-hybridized carbons (Fsp3) is 0.107. The first kappa shape index (κ1) is 21.2. The van der Waals surface area contributed by atoms with Gasteiger partial charge in [-0.05, 0) is 59.6 Å². The number of hydrogen-bond acceptors (Lipinski definition) is 4. The second kappa shape index (κ2) is 8.77. The summed E-state index contributed by atoms with van der Waals surface area (Å²) in [6, 6.07) is 17.0. The normalized spacial score (nSPS) is 11.5. The first-order valence-corrected chi connectivity index (χ1v) is 11.6. The number of rotatable bonds is 6. The molecule has 6 nitrogen and oxygen atoms in total. The van der Waals surface area contributed by atoms with E-state index >= 15 is 0 Å². The van der Waals surface area contributed by atoms with Gasteiger partial charge in [0.1, 0.15) is 11.5 Å². The van der Waals surface area contributed by atoms with Crippen LogP contribution in [0.3, 0.4) is 0 Å². The van der Waals surface area contributed by atoms with E-state index in [2.05, 4.69) is 61.7 Å². The van der Waals surface area contributed by atoms with Crippen LogP contribution in [0.5, 0.6) is 0 Å². The molecule has 0 saturated heterocycles. The van der Waals surface area contributed by atoms with Crippen molar-refractivity contribution >= 4 is 21.8 Å². The number of H-pyrrole nitrogens is 2. The Kier molecular flexibility index (Phi) is 5.31. The Morgan fingerprint density at radius 3 is 2.63 bits per heavy atom. The fourth-order valence-corrected chi connectivity index (χ4v) is 4.48. The topological polar surface area (TPSA) is 82.3 Å². The molecule has 0 bridgehead atoms. The van der Waals surface area contributed by atoms with Gasteiger partial charge in [-0.25, -0.2) is 4.39 Å². The van der Waals surface area contributed by atoms with E-state index in [0.717, 1.165) is 74.1 Å². The quantitative estimate of drug-likeness (QED) is 0.280. The maximum Gasteiger partial charge on any atom is 0.123 e. The van der Waals surface area contributed by atoms with Gasteiger partial charge in [-0.15, -0.1) is 0 Å². The van der Waals surface area contributed by atoms with Crippen LogP contribution in [0, 0.1) is 5.82 Å². The van der Waals surface area contributed by atoms with Crippen molar-refractivity contribution in [1.82, 2.24) is 30.5 Å². The van der Waals surface area contributed by atoms with Crippen LogP contribution >= 0.6 is 0 Å². The highest BCUT2D eigenvalue weighted by molar-refractivity contribution is 6.01. The predicted molar refractivity (Wildman–Crippen MR) is 137 cm³/mol. The summed E-state index contributed by atoms with van der Waals surface area (Å²) in [7, 11) is 0. The van der Waals surface area contributed by atoms with Crippen molar-refractivity contribution in [1.29, 1.82) is 0 Å². The van der Waals surface area contributed by atoms with Gasteiger partial charge in [0.25, 0.3) is 0 Å². The van der Waals surface area contributed by atoms with E-state index in [1.54, 1.807) is 18.5 Å². The molecule has 0 spiro atoms. The van der Waals surface area contributed by atoms with Crippen LogP contribution in [0.1, 0.15) is 12.5 Å². The van der Waals surface area contributed by atoms with Crippen LogP contribution in [0.25, 0.3) is 55.4 Å². The smallest absolute Gasteiger partial charge is 0.123 e. The lowest BCUT2D eigenvalue weighted by Crippen LogP contribution is -2.11. The van der Waals surface area contributed by atoms with E-state index in [9.17, 15) is 4.39 Å². The largest absolute Gasteiger partial charge is 0.352 e. The van der Waals surface area contributed by atoms with Gasteiger partial charge in [-0.2, -0.15) is 5.10 Å². The highest BCUT2D eigenvalue weighted by atomic mass is 19.1. The molecule has 7 heteroatoms. The van der Waals surface area contributed by atoms with Crippen molar-refractivity contribution < 1.29 is 4.39 Å². The number of aromatic nitrogens is 5. The standard InChI is InChI=1S/C28H23FN6/c1-2-30-12-17-8-20(14-31-13-17)18-6-7-25-23(10-18)28(35-34-25)26-11-22-24(15-32-16-27(22)33-26)19-4-3-5-21(29)9-19/h3-11,13-16,30,33H,2,12H2,1H3,(H,34,35). The average molecular weight is 463 g/mol. The molecule has 4 heterocycles. The maximum atomic E-state index is 13.9. The van der Waals surface area contributed by atoms with E-state index in [1.807, 2.05) is 24.5 Å².